The van der Waals surface area contributed by atoms with Crippen molar-refractivity contribution in [3.05, 3.63) is 102 Å². The molecule has 0 aliphatic heterocycles. The highest BCUT2D eigenvalue weighted by Crippen LogP contribution is 2.21. The van der Waals surface area contributed by atoms with E-state index in [9.17, 15) is 4.79 Å². The van der Waals surface area contributed by atoms with Crippen molar-refractivity contribution in [1.82, 2.24) is 0 Å². The van der Waals surface area contributed by atoms with Crippen molar-refractivity contribution in [2.24, 2.45) is 0 Å². The van der Waals surface area contributed by atoms with Gasteiger partial charge >= 0.3 is 0 Å². The molecule has 2 nitrogen and oxygen atoms in total. The predicted octanol–water partition coefficient (Wildman–Crippen LogP) is 5.38. The Morgan fingerprint density at radius 1 is 0.696 bits per heavy atom. The molecule has 0 N–H and O–H groups in total. The molecule has 0 heterocycles. The van der Waals surface area contributed by atoms with Crippen molar-refractivity contribution >= 4 is 11.9 Å². The highest BCUT2D eigenvalue weighted by Gasteiger charge is 2.03. The van der Waals surface area contributed by atoms with Crippen LogP contribution >= 0.6 is 0 Å². The number of para-hydroxylation sites is 1. The molecule has 0 aliphatic rings. The number of allylic oxidation sites excluding steroid dienone is 1. The van der Waals surface area contributed by atoms with Gasteiger partial charge in [0, 0.05) is 5.56 Å². The van der Waals surface area contributed by atoms with Crippen molar-refractivity contribution in [3.8, 4) is 11.5 Å². The lowest BCUT2D eigenvalue weighted by atomic mass is 10.1. The molecule has 0 saturated carbocycles. The van der Waals surface area contributed by atoms with E-state index in [1.807, 2.05) is 66.7 Å². The van der Waals surface area contributed by atoms with Crippen LogP contribution in [0.15, 0.2) is 91.0 Å². The highest BCUT2D eigenvalue weighted by atomic mass is 16.5. The van der Waals surface area contributed by atoms with E-state index < -0.39 is 0 Å². The van der Waals surface area contributed by atoms with E-state index in [2.05, 4.69) is 0 Å². The Balaban J connectivity index is 1.67. The topological polar surface area (TPSA) is 26.3 Å². The molecule has 0 amide bonds. The first-order valence-corrected chi connectivity index (χ1v) is 7.42. The molecule has 3 rings (SSSR count). The number of ketones is 1. The van der Waals surface area contributed by atoms with Gasteiger partial charge in [-0.05, 0) is 48.0 Å². The van der Waals surface area contributed by atoms with Crippen LogP contribution in [0.5, 0.6) is 11.5 Å². The van der Waals surface area contributed by atoms with E-state index in [1.54, 1.807) is 30.3 Å². The van der Waals surface area contributed by atoms with E-state index in [-0.39, 0.29) is 5.78 Å². The number of hydrogen-bond donors (Lipinski definition) is 0. The summed E-state index contributed by atoms with van der Waals surface area (Å²) < 4.78 is 5.71. The summed E-state index contributed by atoms with van der Waals surface area (Å²) in [6, 6.07) is 26.5. The lowest BCUT2D eigenvalue weighted by Crippen LogP contribution is -1.94. The molecule has 0 saturated heterocycles. The molecule has 0 radical (unpaired) electrons. The Morgan fingerprint density at radius 2 is 1.26 bits per heavy atom. The SMILES string of the molecule is O=C(/C=C\c1ccccc1)c1ccc(Oc2ccccc2)cc1. The zero-order valence-corrected chi connectivity index (χ0v) is 12.6. The van der Waals surface area contributed by atoms with Gasteiger partial charge in [-0.25, -0.2) is 0 Å². The van der Waals surface area contributed by atoms with Crippen LogP contribution in [0.4, 0.5) is 0 Å². The summed E-state index contributed by atoms with van der Waals surface area (Å²) in [6.07, 6.45) is 3.40. The van der Waals surface area contributed by atoms with Gasteiger partial charge in [0.2, 0.25) is 0 Å². The Hall–Kier alpha value is -3.13. The van der Waals surface area contributed by atoms with Gasteiger partial charge in [0.25, 0.3) is 0 Å². The fraction of sp³-hybridized carbons (Fsp3) is 0. The van der Waals surface area contributed by atoms with Gasteiger partial charge in [0.05, 0.1) is 0 Å². The minimum absolute atomic E-state index is 0.0277. The highest BCUT2D eigenvalue weighted by molar-refractivity contribution is 6.06. The van der Waals surface area contributed by atoms with Crippen LogP contribution in [-0.4, -0.2) is 5.78 Å². The number of benzene rings is 3. The summed E-state index contributed by atoms with van der Waals surface area (Å²) in [7, 11) is 0. The number of rotatable bonds is 5. The van der Waals surface area contributed by atoms with Gasteiger partial charge in [-0.1, -0.05) is 54.6 Å². The second-order valence-electron chi connectivity index (χ2n) is 5.05. The monoisotopic (exact) mass is 300 g/mol. The van der Waals surface area contributed by atoms with Crippen LogP contribution < -0.4 is 4.74 Å². The predicted molar refractivity (Wildman–Crippen MR) is 92.8 cm³/mol. The first kappa shape index (κ1) is 14.8. The van der Waals surface area contributed by atoms with Gasteiger partial charge in [0.15, 0.2) is 5.78 Å². The zero-order valence-electron chi connectivity index (χ0n) is 12.6. The van der Waals surface area contributed by atoms with E-state index in [0.29, 0.717) is 11.3 Å². The molecule has 112 valence electrons. The molecule has 0 bridgehead atoms. The molecule has 0 unspecified atom stereocenters. The molecule has 0 atom stereocenters. The number of carbonyl (C=O) groups excluding carboxylic acids is 1. The normalized spacial score (nSPS) is 10.6. The fourth-order valence-electron chi connectivity index (χ4n) is 2.14. The molecule has 23 heavy (non-hydrogen) atoms. The second kappa shape index (κ2) is 7.23. The summed E-state index contributed by atoms with van der Waals surface area (Å²) >= 11 is 0. The van der Waals surface area contributed by atoms with Crippen molar-refractivity contribution < 1.29 is 9.53 Å². The molecule has 0 aliphatic carbocycles. The summed E-state index contributed by atoms with van der Waals surface area (Å²) in [5.74, 6) is 1.45. The van der Waals surface area contributed by atoms with Crippen molar-refractivity contribution in [2.45, 2.75) is 0 Å². The first-order valence-electron chi connectivity index (χ1n) is 7.42. The van der Waals surface area contributed by atoms with E-state index in [0.717, 1.165) is 11.3 Å². The minimum Gasteiger partial charge on any atom is -0.457 e. The molecule has 3 aromatic rings. The van der Waals surface area contributed by atoms with Gasteiger partial charge in [-0.3, -0.25) is 4.79 Å². The van der Waals surface area contributed by atoms with Crippen LogP contribution in [0.2, 0.25) is 0 Å². The van der Waals surface area contributed by atoms with Gasteiger partial charge < -0.3 is 4.74 Å². The van der Waals surface area contributed by atoms with Crippen molar-refractivity contribution in [2.75, 3.05) is 0 Å². The van der Waals surface area contributed by atoms with Gasteiger partial charge in [0.1, 0.15) is 11.5 Å². The van der Waals surface area contributed by atoms with E-state index >= 15 is 0 Å². The lowest BCUT2D eigenvalue weighted by molar-refractivity contribution is 0.104. The Kier molecular flexibility index (Phi) is 4.65. The standard InChI is InChI=1S/C21H16O2/c22-21(16-11-17-7-3-1-4-8-17)18-12-14-20(15-13-18)23-19-9-5-2-6-10-19/h1-16H/b16-11-. The van der Waals surface area contributed by atoms with Crippen molar-refractivity contribution in [1.29, 1.82) is 0 Å². The average Bonchev–Trinajstić information content (AvgIpc) is 2.62. The van der Waals surface area contributed by atoms with Crippen molar-refractivity contribution in [3.63, 3.8) is 0 Å². The fourth-order valence-corrected chi connectivity index (χ4v) is 2.14. The molecule has 3 aromatic carbocycles. The van der Waals surface area contributed by atoms with E-state index in [1.165, 1.54) is 0 Å². The average molecular weight is 300 g/mol. The van der Waals surface area contributed by atoms with Crippen LogP contribution in [0, 0.1) is 0 Å². The largest absolute Gasteiger partial charge is 0.457 e. The number of carbonyl (C=O) groups is 1. The maximum absolute atomic E-state index is 12.2. The van der Waals surface area contributed by atoms with E-state index in [4.69, 9.17) is 4.74 Å². The molecular formula is C21H16O2. The third-order valence-corrected chi connectivity index (χ3v) is 3.34. The van der Waals surface area contributed by atoms with Gasteiger partial charge in [-0.2, -0.15) is 0 Å². The maximum Gasteiger partial charge on any atom is 0.185 e. The Morgan fingerprint density at radius 3 is 1.91 bits per heavy atom. The quantitative estimate of drug-likeness (QED) is 0.467. The summed E-state index contributed by atoms with van der Waals surface area (Å²) in [4.78, 5) is 12.2. The molecule has 2 heteroatoms. The molecule has 0 spiro atoms. The minimum atomic E-state index is -0.0277. The first-order chi connectivity index (χ1) is 11.3. The third kappa shape index (κ3) is 4.17. The third-order valence-electron chi connectivity index (χ3n) is 3.34. The Bertz CT molecular complexity index is 788. The number of hydrogen-bond acceptors (Lipinski definition) is 2. The van der Waals surface area contributed by atoms with Crippen LogP contribution in [-0.2, 0) is 0 Å². The second-order valence-corrected chi connectivity index (χ2v) is 5.05. The summed E-state index contributed by atoms with van der Waals surface area (Å²) in [5.41, 5.74) is 1.64. The van der Waals surface area contributed by atoms with Crippen LogP contribution in [0.3, 0.4) is 0 Å². The lowest BCUT2D eigenvalue weighted by Gasteiger charge is -2.05. The summed E-state index contributed by atoms with van der Waals surface area (Å²) in [5, 5.41) is 0. The molecule has 0 aromatic heterocycles. The zero-order chi connectivity index (χ0) is 15.9. The molecule has 0 fully saturated rings. The molecular weight excluding hydrogens is 284 g/mol. The Labute approximate surface area is 135 Å². The smallest absolute Gasteiger partial charge is 0.185 e. The maximum atomic E-state index is 12.2. The summed E-state index contributed by atoms with van der Waals surface area (Å²) in [6.45, 7) is 0. The van der Waals surface area contributed by atoms with Crippen LogP contribution in [0.25, 0.3) is 6.08 Å². The number of ether oxygens (including phenoxy) is 1. The van der Waals surface area contributed by atoms with Gasteiger partial charge in [-0.15, -0.1) is 0 Å². The van der Waals surface area contributed by atoms with Crippen LogP contribution in [0.1, 0.15) is 15.9 Å².